The fourth-order valence-electron chi connectivity index (χ4n) is 2.48. The third-order valence-corrected chi connectivity index (χ3v) is 8.65. The molecule has 0 radical (unpaired) electrons. The first kappa shape index (κ1) is 20.0. The Bertz CT molecular complexity index is 376. The van der Waals surface area contributed by atoms with Crippen LogP contribution >= 0.6 is 0 Å². The van der Waals surface area contributed by atoms with Gasteiger partial charge >= 0.3 is 8.80 Å². The number of rotatable bonds is 10. The van der Waals surface area contributed by atoms with Crippen molar-refractivity contribution in [2.24, 2.45) is 0 Å². The molecule has 1 atom stereocenters. The lowest BCUT2D eigenvalue weighted by Gasteiger charge is -2.38. The molecule has 0 aromatic heterocycles. The van der Waals surface area contributed by atoms with Gasteiger partial charge in [-0.2, -0.15) is 0 Å². The molecule has 0 aliphatic rings. The smallest absolute Gasteiger partial charge is 0.500 e. The highest BCUT2D eigenvalue weighted by molar-refractivity contribution is 7.86. The van der Waals surface area contributed by atoms with Gasteiger partial charge in [-0.05, 0) is 6.42 Å². The number of hydrogen-bond donors (Lipinski definition) is 1. The lowest BCUT2D eigenvalue weighted by Crippen LogP contribution is -3.16. The highest BCUT2D eigenvalue weighted by atomic mass is 32.2. The molecule has 0 bridgehead atoms. The van der Waals surface area contributed by atoms with Gasteiger partial charge in [0.15, 0.2) is 15.0 Å². The summed E-state index contributed by atoms with van der Waals surface area (Å²) in [6, 6.07) is 0.473. The van der Waals surface area contributed by atoms with Crippen molar-refractivity contribution < 1.29 is 31.1 Å². The summed E-state index contributed by atoms with van der Waals surface area (Å²) in [7, 11) is 0.760. The van der Waals surface area contributed by atoms with Crippen LogP contribution in [0.1, 0.15) is 26.2 Å². The first-order chi connectivity index (χ1) is 9.14. The minimum Gasteiger partial charge on any atom is -0.743 e. The maximum Gasteiger partial charge on any atom is 0.500 e. The Morgan fingerprint density at radius 3 is 1.85 bits per heavy atom. The second kappa shape index (κ2) is 7.83. The molecule has 0 saturated heterocycles. The van der Waals surface area contributed by atoms with Crippen LogP contribution in [0.2, 0.25) is 6.04 Å². The van der Waals surface area contributed by atoms with Crippen molar-refractivity contribution in [2.45, 2.75) is 37.1 Å². The number of nitrogens with one attached hydrogen (secondary N) is 1. The lowest BCUT2D eigenvalue weighted by atomic mass is 10.1. The van der Waals surface area contributed by atoms with E-state index < -0.39 is 23.8 Å². The maximum atomic E-state index is 11.6. The molecule has 0 saturated carbocycles. The topological polar surface area (TPSA) is 89.3 Å². The third-order valence-electron chi connectivity index (χ3n) is 3.96. The summed E-state index contributed by atoms with van der Waals surface area (Å²) >= 11 is 0. The van der Waals surface area contributed by atoms with Gasteiger partial charge in [-0.15, -0.1) is 0 Å². The Balaban J connectivity index is 4.98. The molecule has 0 aromatic rings. The first-order valence-electron chi connectivity index (χ1n) is 6.56. The normalized spacial score (nSPS) is 16.4. The Morgan fingerprint density at radius 1 is 1.15 bits per heavy atom. The van der Waals surface area contributed by atoms with Gasteiger partial charge in [0.05, 0.1) is 14.1 Å². The molecular weight excluding hydrogens is 302 g/mol. The molecule has 20 heavy (non-hydrogen) atoms. The van der Waals surface area contributed by atoms with Gasteiger partial charge in [0.25, 0.3) is 0 Å². The van der Waals surface area contributed by atoms with Crippen LogP contribution in [0.4, 0.5) is 0 Å². The summed E-state index contributed by atoms with van der Waals surface area (Å²) in [6.45, 7) is 1.72. The molecule has 7 nitrogen and oxygen atoms in total. The van der Waals surface area contributed by atoms with Crippen LogP contribution in [0.15, 0.2) is 0 Å². The summed E-state index contributed by atoms with van der Waals surface area (Å²) < 4.78 is 50.8. The highest BCUT2D eigenvalue weighted by Crippen LogP contribution is 2.24. The van der Waals surface area contributed by atoms with Crippen molar-refractivity contribution >= 4 is 18.9 Å². The van der Waals surface area contributed by atoms with Crippen molar-refractivity contribution in [1.29, 1.82) is 0 Å². The number of quaternary nitrogens is 1. The van der Waals surface area contributed by atoms with Gasteiger partial charge in [0, 0.05) is 40.2 Å². The van der Waals surface area contributed by atoms with E-state index in [1.54, 1.807) is 21.0 Å². The quantitative estimate of drug-likeness (QED) is 0.427. The van der Waals surface area contributed by atoms with E-state index in [-0.39, 0.29) is 12.8 Å². The average molecular weight is 329 g/mol. The maximum absolute atomic E-state index is 11.6. The first-order valence-corrected chi connectivity index (χ1v) is 9.90. The average Bonchev–Trinajstić information content (AvgIpc) is 2.38. The zero-order valence-electron chi connectivity index (χ0n) is 13.2. The molecule has 0 aromatic carbocycles. The fraction of sp³-hybridized carbons (Fsp3) is 1.00. The van der Waals surface area contributed by atoms with Crippen LogP contribution in [-0.2, 0) is 23.4 Å². The minimum atomic E-state index is -4.41. The molecule has 9 heteroatoms. The van der Waals surface area contributed by atoms with E-state index >= 15 is 0 Å². The molecule has 0 aliphatic carbocycles. The standard InChI is InChI=1S/C11H27NO6SSi/c1-7-11(12(2)3,19(13,14)15)9-8-10-20(16-4,17-5)18-6/h7-10H2,1-6H3,(H,13,14,15). The van der Waals surface area contributed by atoms with Crippen LogP contribution in [0.25, 0.3) is 0 Å². The zero-order chi connectivity index (χ0) is 16.0. The largest absolute Gasteiger partial charge is 0.743 e. The van der Waals surface area contributed by atoms with E-state index in [1.807, 2.05) is 0 Å². The molecule has 0 rings (SSSR count). The van der Waals surface area contributed by atoms with Gasteiger partial charge in [-0.1, -0.05) is 6.92 Å². The van der Waals surface area contributed by atoms with Crippen LogP contribution in [-0.4, -0.2) is 62.1 Å². The second-order valence-corrected chi connectivity index (χ2v) is 9.73. The molecule has 122 valence electrons. The van der Waals surface area contributed by atoms with Crippen molar-refractivity contribution in [3.8, 4) is 0 Å². The third kappa shape index (κ3) is 4.23. The summed E-state index contributed by atoms with van der Waals surface area (Å²) in [5.41, 5.74) is 0. The Hall–Kier alpha value is -0.0331. The summed E-state index contributed by atoms with van der Waals surface area (Å²) in [5.74, 6) is 0. The van der Waals surface area contributed by atoms with E-state index in [0.29, 0.717) is 17.4 Å². The Labute approximate surface area is 123 Å². The van der Waals surface area contributed by atoms with Crippen molar-refractivity contribution in [3.63, 3.8) is 0 Å². The predicted molar refractivity (Wildman–Crippen MR) is 76.4 cm³/mol. The predicted octanol–water partition coefficient (Wildman–Crippen LogP) is -0.559. The Kier molecular flexibility index (Phi) is 7.82. The van der Waals surface area contributed by atoms with E-state index in [2.05, 4.69) is 0 Å². The van der Waals surface area contributed by atoms with Gasteiger partial charge in [-0.3, -0.25) is 0 Å². The van der Waals surface area contributed by atoms with Gasteiger partial charge in [-0.25, -0.2) is 8.42 Å². The zero-order valence-corrected chi connectivity index (χ0v) is 15.0. The van der Waals surface area contributed by atoms with Crippen molar-refractivity contribution in [3.05, 3.63) is 0 Å². The van der Waals surface area contributed by atoms with Gasteiger partial charge in [0.1, 0.15) is 0 Å². The summed E-state index contributed by atoms with van der Waals surface area (Å²) in [4.78, 5) is -0.697. The highest BCUT2D eigenvalue weighted by Gasteiger charge is 2.44. The summed E-state index contributed by atoms with van der Waals surface area (Å²) in [6.07, 6.45) is 1.01. The molecule has 1 unspecified atom stereocenters. The molecular formula is C11H27NO6SSi. The fourth-order valence-corrected chi connectivity index (χ4v) is 5.45. The van der Waals surface area contributed by atoms with Crippen LogP contribution in [0.3, 0.4) is 0 Å². The lowest BCUT2D eigenvalue weighted by molar-refractivity contribution is -0.899. The molecule has 0 fully saturated rings. The van der Waals surface area contributed by atoms with E-state index in [9.17, 15) is 13.0 Å². The SMILES string of the molecule is CCC(CCC[Si](OC)(OC)OC)([NH+](C)C)S(=O)(=O)[O-]. The second-order valence-electron chi connectivity index (χ2n) is 4.95. The molecule has 0 heterocycles. The Morgan fingerprint density at radius 2 is 1.60 bits per heavy atom. The molecule has 0 aliphatic heterocycles. The molecule has 0 spiro atoms. The monoisotopic (exact) mass is 329 g/mol. The van der Waals surface area contributed by atoms with Crippen molar-refractivity contribution in [2.75, 3.05) is 35.4 Å². The van der Waals surface area contributed by atoms with E-state index in [1.165, 1.54) is 21.3 Å². The molecule has 1 N–H and O–H groups in total. The molecule has 0 amide bonds. The van der Waals surface area contributed by atoms with E-state index in [0.717, 1.165) is 0 Å². The van der Waals surface area contributed by atoms with Crippen LogP contribution in [0, 0.1) is 0 Å². The van der Waals surface area contributed by atoms with Gasteiger partial charge in [0.2, 0.25) is 0 Å². The minimum absolute atomic E-state index is 0.252. The van der Waals surface area contributed by atoms with E-state index in [4.69, 9.17) is 13.3 Å². The van der Waals surface area contributed by atoms with Crippen LogP contribution < -0.4 is 4.90 Å². The number of hydrogen-bond acceptors (Lipinski definition) is 6. The van der Waals surface area contributed by atoms with Crippen molar-refractivity contribution in [1.82, 2.24) is 0 Å². The summed E-state index contributed by atoms with van der Waals surface area (Å²) in [5, 5.41) is 0. The van der Waals surface area contributed by atoms with Gasteiger partial charge < -0.3 is 22.7 Å². The van der Waals surface area contributed by atoms with Crippen LogP contribution in [0.5, 0.6) is 0 Å².